The highest BCUT2D eigenvalue weighted by molar-refractivity contribution is 5.87. The van der Waals surface area contributed by atoms with Crippen molar-refractivity contribution in [2.24, 2.45) is 0 Å². The zero-order valence-corrected chi connectivity index (χ0v) is 13.2. The topological polar surface area (TPSA) is 86.7 Å². The molecule has 124 valence electrons. The van der Waals surface area contributed by atoms with Gasteiger partial charge < -0.3 is 15.3 Å². The van der Waals surface area contributed by atoms with Gasteiger partial charge in [-0.2, -0.15) is 0 Å². The first-order chi connectivity index (χ1) is 11.0. The van der Waals surface area contributed by atoms with Crippen LogP contribution >= 0.6 is 0 Å². The Hall–Kier alpha value is -2.37. The van der Waals surface area contributed by atoms with Gasteiger partial charge in [0, 0.05) is 32.5 Å². The molecule has 0 saturated carbocycles. The van der Waals surface area contributed by atoms with E-state index in [9.17, 15) is 14.4 Å². The van der Waals surface area contributed by atoms with Crippen LogP contribution in [-0.4, -0.2) is 46.9 Å². The number of aromatic carboxylic acids is 1. The zero-order valence-electron chi connectivity index (χ0n) is 13.2. The molecule has 1 aliphatic rings. The maximum atomic E-state index is 12.3. The van der Waals surface area contributed by atoms with E-state index >= 15 is 0 Å². The van der Waals surface area contributed by atoms with E-state index in [2.05, 4.69) is 5.32 Å². The first-order valence-electron chi connectivity index (χ1n) is 7.83. The molecule has 2 rings (SSSR count). The highest BCUT2D eigenvalue weighted by Crippen LogP contribution is 2.13. The van der Waals surface area contributed by atoms with E-state index in [1.54, 1.807) is 29.2 Å². The Morgan fingerprint density at radius 1 is 1.26 bits per heavy atom. The fourth-order valence-corrected chi connectivity index (χ4v) is 2.83. The van der Waals surface area contributed by atoms with Crippen LogP contribution in [0.1, 0.15) is 42.1 Å². The SMILES string of the molecule is CC(=O)NC1CCCN(C(=O)CCc2ccc(C(=O)O)cc2)C1. The van der Waals surface area contributed by atoms with E-state index in [0.717, 1.165) is 24.9 Å². The van der Waals surface area contributed by atoms with Crippen molar-refractivity contribution in [1.82, 2.24) is 10.2 Å². The highest BCUT2D eigenvalue weighted by atomic mass is 16.4. The van der Waals surface area contributed by atoms with Gasteiger partial charge in [-0.3, -0.25) is 9.59 Å². The molecule has 1 unspecified atom stereocenters. The lowest BCUT2D eigenvalue weighted by atomic mass is 10.0. The Morgan fingerprint density at radius 2 is 1.96 bits per heavy atom. The molecule has 1 fully saturated rings. The van der Waals surface area contributed by atoms with Crippen molar-refractivity contribution < 1.29 is 19.5 Å². The van der Waals surface area contributed by atoms with Crippen molar-refractivity contribution in [2.75, 3.05) is 13.1 Å². The van der Waals surface area contributed by atoms with Gasteiger partial charge in [-0.15, -0.1) is 0 Å². The summed E-state index contributed by atoms with van der Waals surface area (Å²) in [5.74, 6) is -0.949. The molecule has 0 spiro atoms. The molecule has 2 N–H and O–H groups in total. The normalized spacial score (nSPS) is 17.6. The van der Waals surface area contributed by atoms with Crippen LogP contribution in [-0.2, 0) is 16.0 Å². The number of likely N-dealkylation sites (tertiary alicyclic amines) is 1. The minimum atomic E-state index is -0.954. The second-order valence-electron chi connectivity index (χ2n) is 5.88. The Bertz CT molecular complexity index is 583. The van der Waals surface area contributed by atoms with Crippen LogP contribution in [0.3, 0.4) is 0 Å². The number of hydrogen-bond acceptors (Lipinski definition) is 3. The lowest BCUT2D eigenvalue weighted by Crippen LogP contribution is -2.49. The van der Waals surface area contributed by atoms with E-state index in [4.69, 9.17) is 5.11 Å². The van der Waals surface area contributed by atoms with Crippen LogP contribution in [0.5, 0.6) is 0 Å². The summed E-state index contributed by atoms with van der Waals surface area (Å²) in [6.07, 6.45) is 2.77. The Kier molecular flexibility index (Phi) is 5.73. The van der Waals surface area contributed by atoms with Crippen molar-refractivity contribution in [3.05, 3.63) is 35.4 Å². The van der Waals surface area contributed by atoms with Crippen LogP contribution in [0.2, 0.25) is 0 Å². The summed E-state index contributed by atoms with van der Waals surface area (Å²) in [6.45, 7) is 2.78. The summed E-state index contributed by atoms with van der Waals surface area (Å²) in [7, 11) is 0. The number of carboxylic acid groups (broad SMARTS) is 1. The van der Waals surface area contributed by atoms with Gasteiger partial charge in [0.1, 0.15) is 0 Å². The number of carboxylic acids is 1. The first kappa shape index (κ1) is 17.0. The number of piperidine rings is 1. The molecule has 1 aromatic rings. The second kappa shape index (κ2) is 7.76. The number of aryl methyl sites for hydroxylation is 1. The predicted molar refractivity (Wildman–Crippen MR) is 85.1 cm³/mol. The number of benzene rings is 1. The second-order valence-corrected chi connectivity index (χ2v) is 5.88. The van der Waals surface area contributed by atoms with E-state index in [0.29, 0.717) is 19.4 Å². The number of hydrogen-bond donors (Lipinski definition) is 2. The lowest BCUT2D eigenvalue weighted by molar-refractivity contribution is -0.133. The van der Waals surface area contributed by atoms with Crippen LogP contribution < -0.4 is 5.32 Å². The fraction of sp³-hybridized carbons (Fsp3) is 0.471. The minimum absolute atomic E-state index is 0.0417. The van der Waals surface area contributed by atoms with Gasteiger partial charge in [-0.1, -0.05) is 12.1 Å². The highest BCUT2D eigenvalue weighted by Gasteiger charge is 2.23. The molecule has 0 aromatic heterocycles. The predicted octanol–water partition coefficient (Wildman–Crippen LogP) is 1.44. The first-order valence-corrected chi connectivity index (χ1v) is 7.83. The van der Waals surface area contributed by atoms with E-state index in [1.807, 2.05) is 0 Å². The molecule has 0 bridgehead atoms. The van der Waals surface area contributed by atoms with Gasteiger partial charge in [0.05, 0.1) is 5.56 Å². The standard InChI is InChI=1S/C17H22N2O4/c1-12(20)18-15-3-2-10-19(11-15)16(21)9-6-13-4-7-14(8-5-13)17(22)23/h4-5,7-8,15H,2-3,6,9-11H2,1H3,(H,18,20)(H,22,23). The van der Waals surface area contributed by atoms with Gasteiger partial charge in [0.2, 0.25) is 11.8 Å². The average Bonchev–Trinajstić information content (AvgIpc) is 2.52. The van der Waals surface area contributed by atoms with E-state index in [-0.39, 0.29) is 23.4 Å². The van der Waals surface area contributed by atoms with Crippen molar-refractivity contribution in [1.29, 1.82) is 0 Å². The van der Waals surface area contributed by atoms with Crippen molar-refractivity contribution in [3.8, 4) is 0 Å². The monoisotopic (exact) mass is 318 g/mol. The number of nitrogens with zero attached hydrogens (tertiary/aromatic N) is 1. The summed E-state index contributed by atoms with van der Waals surface area (Å²) in [4.78, 5) is 36.0. The van der Waals surface area contributed by atoms with E-state index in [1.165, 1.54) is 6.92 Å². The summed E-state index contributed by atoms with van der Waals surface area (Å²) < 4.78 is 0. The Morgan fingerprint density at radius 3 is 2.57 bits per heavy atom. The lowest BCUT2D eigenvalue weighted by Gasteiger charge is -2.33. The summed E-state index contributed by atoms with van der Waals surface area (Å²) in [6, 6.07) is 6.63. The van der Waals surface area contributed by atoms with Gasteiger partial charge in [0.15, 0.2) is 0 Å². The molecule has 1 saturated heterocycles. The van der Waals surface area contributed by atoms with Crippen LogP contribution in [0.25, 0.3) is 0 Å². The van der Waals surface area contributed by atoms with Crippen molar-refractivity contribution in [2.45, 2.75) is 38.6 Å². The van der Waals surface area contributed by atoms with E-state index < -0.39 is 5.97 Å². The van der Waals surface area contributed by atoms with Gasteiger partial charge >= 0.3 is 5.97 Å². The maximum absolute atomic E-state index is 12.3. The molecule has 1 heterocycles. The number of rotatable bonds is 5. The largest absolute Gasteiger partial charge is 0.478 e. The molecule has 1 atom stereocenters. The molecule has 1 aromatic carbocycles. The quantitative estimate of drug-likeness (QED) is 0.860. The van der Waals surface area contributed by atoms with Gasteiger partial charge in [-0.25, -0.2) is 4.79 Å². The summed E-state index contributed by atoms with van der Waals surface area (Å²) in [5.41, 5.74) is 1.19. The van der Waals surface area contributed by atoms with Gasteiger partial charge in [-0.05, 0) is 37.0 Å². The average molecular weight is 318 g/mol. The summed E-state index contributed by atoms with van der Waals surface area (Å²) >= 11 is 0. The third-order valence-corrected chi connectivity index (χ3v) is 4.01. The molecule has 2 amide bonds. The molecular weight excluding hydrogens is 296 g/mol. The molecule has 6 heteroatoms. The van der Waals surface area contributed by atoms with Crippen LogP contribution in [0, 0.1) is 0 Å². The molecule has 0 radical (unpaired) electrons. The minimum Gasteiger partial charge on any atom is -0.478 e. The molecule has 1 aliphatic heterocycles. The third kappa shape index (κ3) is 5.09. The van der Waals surface area contributed by atoms with Gasteiger partial charge in [0.25, 0.3) is 0 Å². The maximum Gasteiger partial charge on any atom is 0.335 e. The number of amides is 2. The van der Waals surface area contributed by atoms with Crippen LogP contribution in [0.4, 0.5) is 0 Å². The molecule has 0 aliphatic carbocycles. The molecular formula is C17H22N2O4. The van der Waals surface area contributed by atoms with Crippen LogP contribution in [0.15, 0.2) is 24.3 Å². The zero-order chi connectivity index (χ0) is 16.8. The third-order valence-electron chi connectivity index (χ3n) is 4.01. The number of nitrogens with one attached hydrogen (secondary N) is 1. The molecule has 23 heavy (non-hydrogen) atoms. The number of carbonyl (C=O) groups excluding carboxylic acids is 2. The Balaban J connectivity index is 1.84. The Labute approximate surface area is 135 Å². The smallest absolute Gasteiger partial charge is 0.335 e. The number of carbonyl (C=O) groups is 3. The van der Waals surface area contributed by atoms with Crippen molar-refractivity contribution in [3.63, 3.8) is 0 Å². The summed E-state index contributed by atoms with van der Waals surface area (Å²) in [5, 5.41) is 11.7. The fourth-order valence-electron chi connectivity index (χ4n) is 2.83. The molecule has 6 nitrogen and oxygen atoms in total. The van der Waals surface area contributed by atoms with Crippen molar-refractivity contribution >= 4 is 17.8 Å².